The monoisotopic (exact) mass is 342 g/mol. The van der Waals surface area contributed by atoms with Crippen molar-refractivity contribution >= 4 is 44.8 Å². The number of anilines is 2. The van der Waals surface area contributed by atoms with Crippen LogP contribution in [0.25, 0.3) is 0 Å². The number of nitrogens with one attached hydrogen (secondary N) is 1. The summed E-state index contributed by atoms with van der Waals surface area (Å²) in [5.41, 5.74) is 7.07. The van der Waals surface area contributed by atoms with Crippen molar-refractivity contribution in [3.05, 3.63) is 57.3 Å². The standard InChI is InChI=1S/C13H9BrClFN2O/c14-9-6-8(2-4-12(9)17)18-13(19)7-1-3-11(16)10(15)5-7/h1-6H,17H2,(H,18,19). The number of nitrogens with two attached hydrogens (primary N) is 1. The Morgan fingerprint density at radius 1 is 1.26 bits per heavy atom. The fourth-order valence-electron chi connectivity index (χ4n) is 1.45. The molecule has 3 N–H and O–H groups in total. The molecular weight excluding hydrogens is 335 g/mol. The Labute approximate surface area is 122 Å². The summed E-state index contributed by atoms with van der Waals surface area (Å²) in [5, 5.41) is 2.58. The van der Waals surface area contributed by atoms with Crippen LogP contribution in [0, 0.1) is 5.82 Å². The van der Waals surface area contributed by atoms with Gasteiger partial charge in [-0.2, -0.15) is 0 Å². The molecule has 6 heteroatoms. The molecule has 0 aliphatic rings. The molecule has 0 spiro atoms. The highest BCUT2D eigenvalue weighted by Gasteiger charge is 2.09. The number of halogens is 3. The van der Waals surface area contributed by atoms with Gasteiger partial charge in [0.25, 0.3) is 5.91 Å². The molecule has 98 valence electrons. The van der Waals surface area contributed by atoms with Crippen molar-refractivity contribution in [2.45, 2.75) is 0 Å². The molecule has 0 aromatic heterocycles. The highest BCUT2D eigenvalue weighted by Crippen LogP contribution is 2.24. The third-order valence-corrected chi connectivity index (χ3v) is 3.42. The number of hydrogen-bond acceptors (Lipinski definition) is 2. The number of benzene rings is 2. The first-order chi connectivity index (χ1) is 8.97. The minimum absolute atomic E-state index is 0.0915. The van der Waals surface area contributed by atoms with Crippen LogP contribution in [0.1, 0.15) is 10.4 Å². The lowest BCUT2D eigenvalue weighted by molar-refractivity contribution is 0.102. The van der Waals surface area contributed by atoms with Crippen LogP contribution in [-0.4, -0.2) is 5.91 Å². The molecule has 0 saturated carbocycles. The fourth-order valence-corrected chi connectivity index (χ4v) is 2.00. The van der Waals surface area contributed by atoms with Gasteiger partial charge in [-0.25, -0.2) is 4.39 Å². The minimum atomic E-state index is -0.562. The molecule has 0 unspecified atom stereocenters. The maximum atomic E-state index is 13.0. The second-order valence-corrected chi connectivity index (χ2v) is 5.08. The zero-order chi connectivity index (χ0) is 14.0. The van der Waals surface area contributed by atoms with Gasteiger partial charge in [-0.05, 0) is 52.3 Å². The largest absolute Gasteiger partial charge is 0.398 e. The van der Waals surface area contributed by atoms with Crippen molar-refractivity contribution < 1.29 is 9.18 Å². The SMILES string of the molecule is Nc1ccc(NC(=O)c2ccc(F)c(Cl)c2)cc1Br. The van der Waals surface area contributed by atoms with Gasteiger partial charge in [0.2, 0.25) is 0 Å². The predicted octanol–water partition coefficient (Wildman–Crippen LogP) is 4.08. The second-order valence-electron chi connectivity index (χ2n) is 3.82. The summed E-state index contributed by atoms with van der Waals surface area (Å²) in [7, 11) is 0. The van der Waals surface area contributed by atoms with Gasteiger partial charge in [0.15, 0.2) is 0 Å². The molecular formula is C13H9BrClFN2O. The normalized spacial score (nSPS) is 10.3. The molecule has 19 heavy (non-hydrogen) atoms. The van der Waals surface area contributed by atoms with Crippen LogP contribution in [0.15, 0.2) is 40.9 Å². The highest BCUT2D eigenvalue weighted by atomic mass is 79.9. The fraction of sp³-hybridized carbons (Fsp3) is 0. The molecule has 0 aliphatic carbocycles. The molecule has 0 fully saturated rings. The van der Waals surface area contributed by atoms with E-state index < -0.39 is 5.82 Å². The van der Waals surface area contributed by atoms with Crippen molar-refractivity contribution in [2.75, 3.05) is 11.1 Å². The highest BCUT2D eigenvalue weighted by molar-refractivity contribution is 9.10. The predicted molar refractivity (Wildman–Crippen MR) is 77.9 cm³/mol. The summed E-state index contributed by atoms with van der Waals surface area (Å²) in [5.74, 6) is -0.938. The number of hydrogen-bond donors (Lipinski definition) is 2. The lowest BCUT2D eigenvalue weighted by Crippen LogP contribution is -2.12. The number of nitrogen functional groups attached to an aromatic ring is 1. The van der Waals surface area contributed by atoms with Crippen molar-refractivity contribution in [1.82, 2.24) is 0 Å². The molecule has 1 amide bonds. The Morgan fingerprint density at radius 3 is 2.63 bits per heavy atom. The summed E-state index contributed by atoms with van der Waals surface area (Å²) in [6, 6.07) is 8.80. The van der Waals surface area contributed by atoms with Crippen LogP contribution in [0.5, 0.6) is 0 Å². The Morgan fingerprint density at radius 2 is 2.00 bits per heavy atom. The Hall–Kier alpha value is -1.59. The zero-order valence-electron chi connectivity index (χ0n) is 9.58. The first kappa shape index (κ1) is 13.8. The van der Waals surface area contributed by atoms with Gasteiger partial charge in [0, 0.05) is 21.4 Å². The van der Waals surface area contributed by atoms with E-state index in [1.807, 2.05) is 0 Å². The van der Waals surface area contributed by atoms with Gasteiger partial charge < -0.3 is 11.1 Å². The van der Waals surface area contributed by atoms with Crippen molar-refractivity contribution in [3.8, 4) is 0 Å². The van der Waals surface area contributed by atoms with E-state index in [9.17, 15) is 9.18 Å². The van der Waals surface area contributed by atoms with E-state index in [1.165, 1.54) is 12.1 Å². The van der Waals surface area contributed by atoms with Gasteiger partial charge in [0.1, 0.15) is 5.82 Å². The number of amides is 1. The average Bonchev–Trinajstić information content (AvgIpc) is 2.37. The second kappa shape index (κ2) is 5.59. The summed E-state index contributed by atoms with van der Waals surface area (Å²) < 4.78 is 13.7. The van der Waals surface area contributed by atoms with Crippen LogP contribution in [0.2, 0.25) is 5.02 Å². The van der Waals surface area contributed by atoms with E-state index in [-0.39, 0.29) is 16.5 Å². The van der Waals surface area contributed by atoms with E-state index in [2.05, 4.69) is 21.2 Å². The molecule has 0 atom stereocenters. The number of carbonyl (C=O) groups is 1. The average molecular weight is 344 g/mol. The van der Waals surface area contributed by atoms with Gasteiger partial charge >= 0.3 is 0 Å². The maximum absolute atomic E-state index is 13.0. The topological polar surface area (TPSA) is 55.1 Å². The summed E-state index contributed by atoms with van der Waals surface area (Å²) in [6.45, 7) is 0. The lowest BCUT2D eigenvalue weighted by atomic mass is 10.2. The Kier molecular flexibility index (Phi) is 4.07. The molecule has 0 radical (unpaired) electrons. The van der Waals surface area contributed by atoms with Crippen LogP contribution in [0.3, 0.4) is 0 Å². The Bertz CT molecular complexity index is 649. The minimum Gasteiger partial charge on any atom is -0.398 e. The van der Waals surface area contributed by atoms with Crippen LogP contribution < -0.4 is 11.1 Å². The van der Waals surface area contributed by atoms with Crippen molar-refractivity contribution in [2.24, 2.45) is 0 Å². The summed E-state index contributed by atoms with van der Waals surface area (Å²) in [6.07, 6.45) is 0. The lowest BCUT2D eigenvalue weighted by Gasteiger charge is -2.07. The van der Waals surface area contributed by atoms with E-state index in [4.69, 9.17) is 17.3 Å². The van der Waals surface area contributed by atoms with Crippen LogP contribution in [-0.2, 0) is 0 Å². The molecule has 0 aliphatic heterocycles. The quantitative estimate of drug-likeness (QED) is 0.807. The third kappa shape index (κ3) is 3.24. The van der Waals surface area contributed by atoms with Gasteiger partial charge in [-0.1, -0.05) is 11.6 Å². The van der Waals surface area contributed by atoms with Gasteiger partial charge in [0.05, 0.1) is 5.02 Å². The number of rotatable bonds is 2. The molecule has 2 rings (SSSR count). The van der Waals surface area contributed by atoms with E-state index in [0.717, 1.165) is 6.07 Å². The molecule has 2 aromatic rings. The molecule has 0 heterocycles. The molecule has 3 nitrogen and oxygen atoms in total. The number of carbonyl (C=O) groups excluding carboxylic acids is 1. The summed E-state index contributed by atoms with van der Waals surface area (Å²) >= 11 is 8.89. The molecule has 0 bridgehead atoms. The summed E-state index contributed by atoms with van der Waals surface area (Å²) in [4.78, 5) is 11.9. The van der Waals surface area contributed by atoms with Crippen molar-refractivity contribution in [1.29, 1.82) is 0 Å². The third-order valence-electron chi connectivity index (χ3n) is 2.44. The zero-order valence-corrected chi connectivity index (χ0v) is 11.9. The maximum Gasteiger partial charge on any atom is 0.255 e. The van der Waals surface area contributed by atoms with E-state index in [0.29, 0.717) is 15.8 Å². The van der Waals surface area contributed by atoms with Crippen molar-refractivity contribution in [3.63, 3.8) is 0 Å². The first-order valence-electron chi connectivity index (χ1n) is 5.29. The van der Waals surface area contributed by atoms with Gasteiger partial charge in [-0.3, -0.25) is 4.79 Å². The molecule has 2 aromatic carbocycles. The molecule has 0 saturated heterocycles. The first-order valence-corrected chi connectivity index (χ1v) is 6.46. The van der Waals surface area contributed by atoms with E-state index in [1.54, 1.807) is 18.2 Å². The van der Waals surface area contributed by atoms with Crippen LogP contribution >= 0.6 is 27.5 Å². The smallest absolute Gasteiger partial charge is 0.255 e. The Balaban J connectivity index is 2.20. The van der Waals surface area contributed by atoms with Gasteiger partial charge in [-0.15, -0.1) is 0 Å². The van der Waals surface area contributed by atoms with Crippen LogP contribution in [0.4, 0.5) is 15.8 Å². The van der Waals surface area contributed by atoms with E-state index >= 15 is 0 Å².